The van der Waals surface area contributed by atoms with Crippen LogP contribution < -0.4 is 16.0 Å². The molecule has 300 valence electrons. The summed E-state index contributed by atoms with van der Waals surface area (Å²) in [5.41, 5.74) is 6.59. The molecule has 0 radical (unpaired) electrons. The zero-order chi connectivity index (χ0) is 40.2. The number of likely N-dealkylation sites (tertiary alicyclic amines) is 1. The molecule has 14 nitrogen and oxygen atoms in total. The number of nitrogens with one attached hydrogen (secondary N) is 3. The molecule has 0 aliphatic carbocycles. The first kappa shape index (κ1) is 39.4. The number of carbonyl (C=O) groups excluding carboxylic acids is 5. The van der Waals surface area contributed by atoms with E-state index in [0.29, 0.717) is 22.9 Å². The van der Waals surface area contributed by atoms with E-state index >= 15 is 0 Å². The number of ether oxygens (including phenoxy) is 2. The molecule has 5 heterocycles. The van der Waals surface area contributed by atoms with Gasteiger partial charge in [0.1, 0.15) is 12.6 Å². The predicted molar refractivity (Wildman–Crippen MR) is 216 cm³/mol. The second-order valence-corrected chi connectivity index (χ2v) is 15.9. The van der Waals surface area contributed by atoms with Gasteiger partial charge in [-0.15, -0.1) is 11.8 Å². The van der Waals surface area contributed by atoms with Crippen LogP contribution in [0.4, 0.5) is 11.4 Å². The highest BCUT2D eigenvalue weighted by Gasteiger charge is 2.46. The SMILES string of the molecule is O=C1CCC(N2C(=O)c3cccc(SCCOCCOCC(=O)Nc4cccc(-c5ccc6c(c5)[C@H]5[C@H](CCN5Cc5ccncc5)[C@@H](CO)N6)c4)c3C2=O)C(=O)N1. The Morgan fingerprint density at radius 2 is 1.72 bits per heavy atom. The largest absolute Gasteiger partial charge is 0.394 e. The van der Waals surface area contributed by atoms with Gasteiger partial charge in [-0.25, -0.2) is 0 Å². The fourth-order valence-electron chi connectivity index (χ4n) is 8.41. The number of imide groups is 2. The molecule has 15 heteroatoms. The van der Waals surface area contributed by atoms with Crippen LogP contribution in [0.2, 0.25) is 0 Å². The van der Waals surface area contributed by atoms with Crippen LogP contribution in [0.3, 0.4) is 0 Å². The summed E-state index contributed by atoms with van der Waals surface area (Å²) >= 11 is 1.36. The van der Waals surface area contributed by atoms with Gasteiger partial charge in [0.05, 0.1) is 43.6 Å². The van der Waals surface area contributed by atoms with Crippen molar-refractivity contribution in [2.45, 2.75) is 48.8 Å². The molecule has 2 saturated heterocycles. The highest BCUT2D eigenvalue weighted by Crippen LogP contribution is 2.48. The summed E-state index contributed by atoms with van der Waals surface area (Å²) in [6, 6.07) is 22.3. The van der Waals surface area contributed by atoms with Crippen LogP contribution in [0.5, 0.6) is 0 Å². The predicted octanol–water partition coefficient (Wildman–Crippen LogP) is 4.26. The average Bonchev–Trinajstić information content (AvgIpc) is 3.76. The van der Waals surface area contributed by atoms with Gasteiger partial charge < -0.3 is 25.2 Å². The second kappa shape index (κ2) is 17.6. The molecule has 0 bridgehead atoms. The molecule has 0 saturated carbocycles. The number of aliphatic hydroxyl groups excluding tert-OH is 1. The van der Waals surface area contributed by atoms with E-state index in [9.17, 15) is 29.1 Å². The third-order valence-corrected chi connectivity index (χ3v) is 12.1. The Balaban J connectivity index is 0.797. The summed E-state index contributed by atoms with van der Waals surface area (Å²) < 4.78 is 11.3. The number of hydrogen-bond donors (Lipinski definition) is 4. The monoisotopic (exact) mass is 804 g/mol. The topological polar surface area (TPSA) is 179 Å². The summed E-state index contributed by atoms with van der Waals surface area (Å²) in [5, 5.41) is 19.0. The van der Waals surface area contributed by atoms with Gasteiger partial charge in [-0.05, 0) is 90.2 Å². The van der Waals surface area contributed by atoms with Crippen molar-refractivity contribution in [3.05, 3.63) is 107 Å². The Labute approximate surface area is 339 Å². The molecule has 5 amide bonds. The number of piperidine rings is 1. The number of hydrogen-bond acceptors (Lipinski definition) is 12. The zero-order valence-electron chi connectivity index (χ0n) is 31.7. The molecule has 4 aromatic rings. The first-order valence-corrected chi connectivity index (χ1v) is 20.4. The summed E-state index contributed by atoms with van der Waals surface area (Å²) in [5.74, 6) is -1.68. The Kier molecular flexibility index (Phi) is 11.9. The lowest BCUT2D eigenvalue weighted by Gasteiger charge is -2.39. The maximum atomic E-state index is 13.3. The minimum atomic E-state index is -1.02. The van der Waals surface area contributed by atoms with Crippen molar-refractivity contribution in [3.8, 4) is 11.1 Å². The number of aromatic nitrogens is 1. The lowest BCUT2D eigenvalue weighted by atomic mass is 9.82. The van der Waals surface area contributed by atoms with Gasteiger partial charge in [0.15, 0.2) is 0 Å². The molecule has 1 aromatic heterocycles. The average molecular weight is 805 g/mol. The Morgan fingerprint density at radius 3 is 2.55 bits per heavy atom. The van der Waals surface area contributed by atoms with E-state index in [1.54, 1.807) is 18.2 Å². The number of anilines is 2. The van der Waals surface area contributed by atoms with Crippen molar-refractivity contribution in [3.63, 3.8) is 0 Å². The van der Waals surface area contributed by atoms with Crippen LogP contribution in [0.15, 0.2) is 90.1 Å². The van der Waals surface area contributed by atoms with E-state index in [1.807, 2.05) is 48.8 Å². The van der Waals surface area contributed by atoms with Gasteiger partial charge in [-0.2, -0.15) is 0 Å². The molecular weight excluding hydrogens is 761 g/mol. The van der Waals surface area contributed by atoms with Crippen LogP contribution in [0, 0.1) is 5.92 Å². The number of aliphatic hydroxyl groups is 1. The molecule has 58 heavy (non-hydrogen) atoms. The molecule has 4 aliphatic heterocycles. The number of benzene rings is 3. The summed E-state index contributed by atoms with van der Waals surface area (Å²) in [7, 11) is 0. The normalized spacial score (nSPS) is 21.3. The number of carbonyl (C=O) groups is 5. The second-order valence-electron chi connectivity index (χ2n) is 14.7. The van der Waals surface area contributed by atoms with Crippen LogP contribution in [0.1, 0.15) is 57.1 Å². The van der Waals surface area contributed by atoms with Gasteiger partial charge in [0, 0.05) is 59.3 Å². The number of pyridine rings is 1. The minimum Gasteiger partial charge on any atom is -0.394 e. The van der Waals surface area contributed by atoms with Crippen molar-refractivity contribution >= 4 is 52.7 Å². The molecule has 8 rings (SSSR count). The van der Waals surface area contributed by atoms with E-state index < -0.39 is 29.7 Å². The molecular formula is C43H44N6O8S. The van der Waals surface area contributed by atoms with Crippen molar-refractivity contribution in [1.82, 2.24) is 20.1 Å². The summed E-state index contributed by atoms with van der Waals surface area (Å²) in [4.78, 5) is 71.4. The number of thioether (sulfide) groups is 1. The Morgan fingerprint density at radius 1 is 0.914 bits per heavy atom. The van der Waals surface area contributed by atoms with Crippen LogP contribution in [0.25, 0.3) is 11.1 Å². The molecule has 3 aromatic carbocycles. The smallest absolute Gasteiger partial charge is 0.263 e. The summed E-state index contributed by atoms with van der Waals surface area (Å²) in [6.07, 6.45) is 4.79. The number of amides is 5. The first-order valence-electron chi connectivity index (χ1n) is 19.5. The van der Waals surface area contributed by atoms with Crippen LogP contribution in [-0.4, -0.2) is 107 Å². The molecule has 4 N–H and O–H groups in total. The highest BCUT2D eigenvalue weighted by molar-refractivity contribution is 7.99. The van der Waals surface area contributed by atoms with Crippen molar-refractivity contribution in [2.24, 2.45) is 5.92 Å². The van der Waals surface area contributed by atoms with Crippen molar-refractivity contribution in [2.75, 3.05) is 56.0 Å². The fourth-order valence-corrected chi connectivity index (χ4v) is 9.35. The van der Waals surface area contributed by atoms with Crippen molar-refractivity contribution in [1.29, 1.82) is 0 Å². The molecule has 4 aliphatic rings. The van der Waals surface area contributed by atoms with Gasteiger partial charge >= 0.3 is 0 Å². The van der Waals surface area contributed by atoms with E-state index in [2.05, 4.69) is 44.0 Å². The fraction of sp³-hybridized carbons (Fsp3) is 0.349. The van der Waals surface area contributed by atoms with Gasteiger partial charge in [-0.3, -0.25) is 44.1 Å². The van der Waals surface area contributed by atoms with E-state index in [4.69, 9.17) is 9.47 Å². The molecule has 4 atom stereocenters. The van der Waals surface area contributed by atoms with Crippen molar-refractivity contribution < 1.29 is 38.6 Å². The molecule has 1 unspecified atom stereocenters. The lowest BCUT2D eigenvalue weighted by Crippen LogP contribution is -2.54. The van der Waals surface area contributed by atoms with E-state index in [1.165, 1.54) is 22.9 Å². The number of fused-ring (bicyclic) bond motifs is 4. The first-order chi connectivity index (χ1) is 28.3. The van der Waals surface area contributed by atoms with Gasteiger partial charge in [0.25, 0.3) is 11.8 Å². The summed E-state index contributed by atoms with van der Waals surface area (Å²) in [6.45, 7) is 2.46. The Bertz CT molecular complexity index is 2220. The highest BCUT2D eigenvalue weighted by atomic mass is 32.2. The van der Waals surface area contributed by atoms with E-state index in [0.717, 1.165) is 41.2 Å². The lowest BCUT2D eigenvalue weighted by molar-refractivity contribution is -0.136. The quantitative estimate of drug-likeness (QED) is 0.0764. The standard InChI is InChI=1S/C43H44N6O8S/c50-24-34-30-13-16-48(23-26-11-14-44-15-12-26)40(30)32-22-28(7-8-33(32)46-34)27-3-1-4-29(21-27)45-38(52)25-57-18-17-56-19-20-58-36-6-2-5-31-39(36)43(55)49(42(31)54)35-9-10-37(51)47-41(35)53/h1-8,11-12,14-15,21-22,30,34-35,40,46,50H,9-10,13,16-20,23-25H2,(H,45,52)(H,47,51,53)/t30-,34-,35?,40-/m1/s1. The van der Waals surface area contributed by atoms with E-state index in [-0.39, 0.29) is 74.3 Å². The van der Waals surface area contributed by atoms with Gasteiger partial charge in [-0.1, -0.05) is 24.3 Å². The minimum absolute atomic E-state index is 0.0111. The van der Waals surface area contributed by atoms with Crippen LogP contribution in [-0.2, 0) is 30.4 Å². The zero-order valence-corrected chi connectivity index (χ0v) is 32.5. The van der Waals surface area contributed by atoms with Gasteiger partial charge in [0.2, 0.25) is 17.7 Å². The third-order valence-electron chi connectivity index (χ3n) is 11.1. The Hall–Kier alpha value is -5.45. The molecule has 0 spiro atoms. The maximum absolute atomic E-state index is 13.3. The third kappa shape index (κ3) is 8.26. The number of rotatable bonds is 15. The number of nitrogens with zero attached hydrogens (tertiary/aromatic N) is 3. The molecule has 2 fully saturated rings. The van der Waals surface area contributed by atoms with Crippen LogP contribution >= 0.6 is 11.8 Å². The maximum Gasteiger partial charge on any atom is 0.263 e.